The third-order valence-electron chi connectivity index (χ3n) is 2.66. The Hall–Kier alpha value is -1.54. The summed E-state index contributed by atoms with van der Waals surface area (Å²) in [5.41, 5.74) is 0. The van der Waals surface area contributed by atoms with Gasteiger partial charge in [-0.1, -0.05) is 0 Å². The van der Waals surface area contributed by atoms with E-state index in [-0.39, 0.29) is 18.3 Å². The highest BCUT2D eigenvalue weighted by molar-refractivity contribution is 7.86. The van der Waals surface area contributed by atoms with Crippen molar-refractivity contribution in [2.24, 2.45) is 0 Å². The predicted molar refractivity (Wildman–Crippen MR) is 67.6 cm³/mol. The standard InChI is InChI=1S/C11H16N2O5S/c1-19(15,16)18-10-3-2-4-13(9-10)11(14)12-5-7-17-8-6-12/h2-4H,5-9H2,1H3. The lowest BCUT2D eigenvalue weighted by atomic mass is 10.3. The lowest BCUT2D eigenvalue weighted by molar-refractivity contribution is 0.0467. The van der Waals surface area contributed by atoms with Gasteiger partial charge >= 0.3 is 16.1 Å². The maximum Gasteiger partial charge on any atom is 0.324 e. The van der Waals surface area contributed by atoms with Crippen molar-refractivity contribution < 1.29 is 22.1 Å². The molecule has 1 saturated heterocycles. The average Bonchev–Trinajstić information content (AvgIpc) is 2.37. The summed E-state index contributed by atoms with van der Waals surface area (Å²) < 4.78 is 32.1. The molecule has 2 aliphatic rings. The lowest BCUT2D eigenvalue weighted by Crippen LogP contribution is -2.47. The predicted octanol–water partition coefficient (Wildman–Crippen LogP) is 0.128. The van der Waals surface area contributed by atoms with Gasteiger partial charge < -0.3 is 13.8 Å². The van der Waals surface area contributed by atoms with E-state index in [0.29, 0.717) is 26.3 Å². The molecule has 19 heavy (non-hydrogen) atoms. The number of morpholine rings is 1. The number of nitrogens with zero attached hydrogens (tertiary/aromatic N) is 2. The van der Waals surface area contributed by atoms with Crippen LogP contribution in [-0.2, 0) is 19.0 Å². The van der Waals surface area contributed by atoms with Crippen molar-refractivity contribution in [2.45, 2.75) is 0 Å². The molecule has 0 aromatic carbocycles. The van der Waals surface area contributed by atoms with Crippen LogP contribution in [0.5, 0.6) is 0 Å². The van der Waals surface area contributed by atoms with Gasteiger partial charge in [0.05, 0.1) is 26.0 Å². The molecule has 8 heteroatoms. The molecule has 0 atom stereocenters. The fourth-order valence-electron chi connectivity index (χ4n) is 1.84. The van der Waals surface area contributed by atoms with Crippen LogP contribution in [0.25, 0.3) is 0 Å². The van der Waals surface area contributed by atoms with E-state index in [1.807, 2.05) is 0 Å². The van der Waals surface area contributed by atoms with Crippen molar-refractivity contribution in [2.75, 3.05) is 39.1 Å². The van der Waals surface area contributed by atoms with E-state index in [9.17, 15) is 13.2 Å². The van der Waals surface area contributed by atoms with Gasteiger partial charge in [-0.05, 0) is 12.2 Å². The highest BCUT2D eigenvalue weighted by Gasteiger charge is 2.24. The molecule has 2 amide bonds. The van der Waals surface area contributed by atoms with Crippen LogP contribution in [0, 0.1) is 0 Å². The number of amides is 2. The first-order valence-corrected chi connectivity index (χ1v) is 7.67. The quantitative estimate of drug-likeness (QED) is 0.675. The van der Waals surface area contributed by atoms with Crippen molar-refractivity contribution >= 4 is 16.1 Å². The summed E-state index contributed by atoms with van der Waals surface area (Å²) in [5, 5.41) is 0. The Morgan fingerprint density at radius 2 is 2.05 bits per heavy atom. The summed E-state index contributed by atoms with van der Waals surface area (Å²) in [7, 11) is -3.57. The van der Waals surface area contributed by atoms with E-state index in [4.69, 9.17) is 8.92 Å². The van der Waals surface area contributed by atoms with Crippen LogP contribution < -0.4 is 0 Å². The van der Waals surface area contributed by atoms with E-state index >= 15 is 0 Å². The lowest BCUT2D eigenvalue weighted by Gasteiger charge is -2.32. The number of carbonyl (C=O) groups excluding carboxylic acids is 1. The zero-order valence-corrected chi connectivity index (χ0v) is 11.4. The summed E-state index contributed by atoms with van der Waals surface area (Å²) in [5.74, 6) is 0.228. The smallest absolute Gasteiger partial charge is 0.324 e. The first kappa shape index (κ1) is 13.9. The van der Waals surface area contributed by atoms with Crippen LogP contribution in [-0.4, -0.2) is 63.4 Å². The van der Waals surface area contributed by atoms with Gasteiger partial charge in [0, 0.05) is 19.3 Å². The number of carbonyl (C=O) groups is 1. The van der Waals surface area contributed by atoms with Crippen LogP contribution in [0.2, 0.25) is 0 Å². The molecule has 0 aromatic heterocycles. The Balaban J connectivity index is 1.98. The Labute approximate surface area is 112 Å². The minimum atomic E-state index is -3.57. The van der Waals surface area contributed by atoms with Gasteiger partial charge in [0.2, 0.25) is 0 Å². The second kappa shape index (κ2) is 5.62. The second-order valence-electron chi connectivity index (χ2n) is 4.27. The fourth-order valence-corrected chi connectivity index (χ4v) is 2.34. The molecule has 106 valence electrons. The van der Waals surface area contributed by atoms with Gasteiger partial charge in [0.15, 0.2) is 0 Å². The largest absolute Gasteiger partial charge is 0.385 e. The fraction of sp³-hybridized carbons (Fsp3) is 0.545. The monoisotopic (exact) mass is 288 g/mol. The number of allylic oxidation sites excluding steroid dienone is 2. The molecule has 0 aliphatic carbocycles. The highest BCUT2D eigenvalue weighted by Crippen LogP contribution is 2.14. The Morgan fingerprint density at radius 3 is 2.68 bits per heavy atom. The summed E-state index contributed by atoms with van der Waals surface area (Å²) in [6.07, 6.45) is 5.69. The number of rotatable bonds is 2. The number of hydrogen-bond donors (Lipinski definition) is 0. The van der Waals surface area contributed by atoms with Gasteiger partial charge in [-0.2, -0.15) is 8.42 Å². The number of urea groups is 1. The molecule has 0 unspecified atom stereocenters. The normalized spacial score (nSPS) is 20.2. The van der Waals surface area contributed by atoms with E-state index < -0.39 is 10.1 Å². The summed E-state index contributed by atoms with van der Waals surface area (Å²) >= 11 is 0. The first-order valence-electron chi connectivity index (χ1n) is 5.86. The minimum Gasteiger partial charge on any atom is -0.385 e. The molecule has 7 nitrogen and oxygen atoms in total. The zero-order chi connectivity index (χ0) is 13.9. The van der Waals surface area contributed by atoms with E-state index in [0.717, 1.165) is 6.26 Å². The molecule has 1 fully saturated rings. The zero-order valence-electron chi connectivity index (χ0n) is 10.6. The van der Waals surface area contributed by atoms with E-state index in [1.165, 1.54) is 11.0 Å². The Morgan fingerprint density at radius 1 is 1.37 bits per heavy atom. The van der Waals surface area contributed by atoms with Crippen LogP contribution in [0.3, 0.4) is 0 Å². The molecule has 0 spiro atoms. The molecule has 0 N–H and O–H groups in total. The Kier molecular flexibility index (Phi) is 4.11. The molecular formula is C11H16N2O5S. The van der Waals surface area contributed by atoms with Crippen LogP contribution in [0.4, 0.5) is 4.79 Å². The SMILES string of the molecule is CS(=O)(=O)OC1=CC=CN(C(=O)N2CCOCC2)C1. The van der Waals surface area contributed by atoms with Crippen LogP contribution >= 0.6 is 0 Å². The summed E-state index contributed by atoms with van der Waals surface area (Å²) in [6, 6.07) is -0.178. The van der Waals surface area contributed by atoms with Gasteiger partial charge in [0.25, 0.3) is 0 Å². The minimum absolute atomic E-state index is 0.111. The number of ether oxygens (including phenoxy) is 1. The molecule has 2 rings (SSSR count). The van der Waals surface area contributed by atoms with Crippen molar-refractivity contribution in [3.63, 3.8) is 0 Å². The highest BCUT2D eigenvalue weighted by atomic mass is 32.2. The van der Waals surface area contributed by atoms with Gasteiger partial charge in [-0.25, -0.2) is 4.79 Å². The third kappa shape index (κ3) is 3.97. The molecule has 2 heterocycles. The Bertz CT molecular complexity index is 505. The molecule has 0 saturated carbocycles. The van der Waals surface area contributed by atoms with E-state index in [1.54, 1.807) is 17.2 Å². The third-order valence-corrected chi connectivity index (χ3v) is 3.18. The van der Waals surface area contributed by atoms with Gasteiger partial charge in [-0.15, -0.1) is 0 Å². The topological polar surface area (TPSA) is 76.2 Å². The number of hydrogen-bond acceptors (Lipinski definition) is 5. The van der Waals surface area contributed by atoms with Crippen molar-refractivity contribution in [1.82, 2.24) is 9.80 Å². The van der Waals surface area contributed by atoms with Gasteiger partial charge in [0.1, 0.15) is 5.76 Å². The van der Waals surface area contributed by atoms with E-state index in [2.05, 4.69) is 0 Å². The van der Waals surface area contributed by atoms with Crippen LogP contribution in [0.1, 0.15) is 0 Å². The summed E-state index contributed by atoms with van der Waals surface area (Å²) in [6.45, 7) is 2.22. The summed E-state index contributed by atoms with van der Waals surface area (Å²) in [4.78, 5) is 15.3. The maximum absolute atomic E-state index is 12.2. The molecule has 0 bridgehead atoms. The molecule has 0 radical (unpaired) electrons. The molecular weight excluding hydrogens is 272 g/mol. The second-order valence-corrected chi connectivity index (χ2v) is 5.85. The van der Waals surface area contributed by atoms with Crippen molar-refractivity contribution in [1.29, 1.82) is 0 Å². The first-order chi connectivity index (χ1) is 8.96. The average molecular weight is 288 g/mol. The van der Waals surface area contributed by atoms with Crippen molar-refractivity contribution in [3.8, 4) is 0 Å². The molecule has 0 aromatic rings. The maximum atomic E-state index is 12.2. The van der Waals surface area contributed by atoms with Crippen LogP contribution in [0.15, 0.2) is 24.1 Å². The van der Waals surface area contributed by atoms with Crippen molar-refractivity contribution in [3.05, 3.63) is 24.1 Å². The molecule has 2 aliphatic heterocycles. The van der Waals surface area contributed by atoms with Gasteiger partial charge in [-0.3, -0.25) is 4.90 Å².